The molecular formula is C43H48N4O5S. The van der Waals surface area contributed by atoms with Crippen molar-refractivity contribution < 1.29 is 22.7 Å². The lowest BCUT2D eigenvalue weighted by atomic mass is 9.85. The van der Waals surface area contributed by atoms with Crippen LogP contribution < -0.4 is 15.0 Å². The monoisotopic (exact) mass is 732 g/mol. The first-order valence-electron chi connectivity index (χ1n) is 18.6. The molecule has 1 aliphatic heterocycles. The number of para-hydroxylation sites is 1. The van der Waals surface area contributed by atoms with E-state index in [-0.39, 0.29) is 24.5 Å². The molecule has 1 N–H and O–H groups in total. The summed E-state index contributed by atoms with van der Waals surface area (Å²) in [6.07, 6.45) is 3.12. The van der Waals surface area contributed by atoms with Gasteiger partial charge in [-0.3, -0.25) is 9.80 Å². The number of fused-ring (bicyclic) bond motifs is 1. The van der Waals surface area contributed by atoms with Gasteiger partial charge in [-0.05, 0) is 77.9 Å². The number of nitrogens with zero attached hydrogens (tertiary/aromatic N) is 3. The molecule has 0 radical (unpaired) electrons. The van der Waals surface area contributed by atoms with E-state index in [1.807, 2.05) is 115 Å². The van der Waals surface area contributed by atoms with Gasteiger partial charge in [0.2, 0.25) is 10.0 Å². The van der Waals surface area contributed by atoms with Crippen LogP contribution in [0.25, 0.3) is 10.8 Å². The van der Waals surface area contributed by atoms with Crippen LogP contribution in [0.3, 0.4) is 0 Å². The Hall–Kier alpha value is -4.74. The summed E-state index contributed by atoms with van der Waals surface area (Å²) in [5, 5.41) is 4.97. The normalized spacial score (nSPS) is 18.1. The molecule has 1 heterocycles. The van der Waals surface area contributed by atoms with E-state index in [2.05, 4.69) is 10.2 Å². The van der Waals surface area contributed by atoms with E-state index < -0.39 is 10.0 Å². The van der Waals surface area contributed by atoms with Gasteiger partial charge in [0.1, 0.15) is 12.4 Å². The first kappa shape index (κ1) is 36.6. The molecule has 276 valence electrons. The van der Waals surface area contributed by atoms with Crippen LogP contribution in [0.4, 0.5) is 16.2 Å². The van der Waals surface area contributed by atoms with E-state index in [1.54, 1.807) is 21.3 Å². The zero-order valence-corrected chi connectivity index (χ0v) is 30.9. The van der Waals surface area contributed by atoms with Gasteiger partial charge in [0, 0.05) is 56.2 Å². The van der Waals surface area contributed by atoms with Gasteiger partial charge in [-0.2, -0.15) is 4.31 Å². The van der Waals surface area contributed by atoms with Crippen LogP contribution in [0.15, 0.2) is 132 Å². The molecule has 2 atom stereocenters. The molecule has 2 unspecified atom stereocenters. The molecule has 1 aliphatic carbocycles. The summed E-state index contributed by atoms with van der Waals surface area (Å²) >= 11 is 0. The number of morpholine rings is 1. The van der Waals surface area contributed by atoms with Gasteiger partial charge < -0.3 is 14.8 Å². The molecule has 53 heavy (non-hydrogen) atoms. The van der Waals surface area contributed by atoms with Gasteiger partial charge >= 0.3 is 6.03 Å². The average Bonchev–Trinajstić information content (AvgIpc) is 3.20. The fourth-order valence-corrected chi connectivity index (χ4v) is 9.15. The zero-order chi connectivity index (χ0) is 36.5. The fourth-order valence-electron chi connectivity index (χ4n) is 7.46. The van der Waals surface area contributed by atoms with Crippen LogP contribution in [0.1, 0.15) is 31.2 Å². The molecule has 9 nitrogen and oxygen atoms in total. The van der Waals surface area contributed by atoms with Crippen molar-refractivity contribution in [3.8, 4) is 5.75 Å². The number of carbonyl (C=O) groups is 1. The molecule has 5 aromatic rings. The highest BCUT2D eigenvalue weighted by atomic mass is 32.2. The molecule has 7 rings (SSSR count). The Bertz CT molecular complexity index is 2060. The second-order valence-electron chi connectivity index (χ2n) is 13.9. The predicted molar refractivity (Wildman–Crippen MR) is 211 cm³/mol. The molecule has 0 aromatic heterocycles. The Morgan fingerprint density at radius 1 is 0.811 bits per heavy atom. The second-order valence-corrected chi connectivity index (χ2v) is 15.8. The summed E-state index contributed by atoms with van der Waals surface area (Å²) in [5.74, 6) is 0.761. The van der Waals surface area contributed by atoms with Crippen LogP contribution in [0.5, 0.6) is 5.75 Å². The maximum atomic E-state index is 14.6. The van der Waals surface area contributed by atoms with E-state index in [0.29, 0.717) is 35.9 Å². The highest BCUT2D eigenvalue weighted by molar-refractivity contribution is 7.89. The number of benzene rings is 5. The molecule has 0 spiro atoms. The molecule has 0 bridgehead atoms. The number of rotatable bonds is 13. The van der Waals surface area contributed by atoms with Crippen molar-refractivity contribution in [2.45, 2.75) is 43.2 Å². The SMILES string of the molecule is O=C(Nc1ccccc1)N(CC1CCCC(N(Cc2ccccc2)S(=O)(=O)c2ccc3ccccc3c2)C1)c1cccc(OCCN2CCOCC2)c1. The summed E-state index contributed by atoms with van der Waals surface area (Å²) in [4.78, 5) is 18.5. The lowest BCUT2D eigenvalue weighted by Gasteiger charge is -2.38. The molecule has 2 fully saturated rings. The summed E-state index contributed by atoms with van der Waals surface area (Å²) in [7, 11) is -3.86. The van der Waals surface area contributed by atoms with Gasteiger partial charge in [-0.1, -0.05) is 91.3 Å². The van der Waals surface area contributed by atoms with E-state index in [0.717, 1.165) is 74.1 Å². The standard InChI is InChI=1S/C43H48N4O5S/c48-43(44-38-16-5-2-6-17-38)46(39-18-10-20-41(31-39)52-28-25-45-23-26-51-27-24-45)32-35-13-9-19-40(29-35)47(33-34-11-3-1-4-12-34)53(49,50)42-22-21-36-14-7-8-15-37(36)30-42/h1-8,10-12,14-18,20-22,30-31,35,40H,9,13,19,23-29,32-33H2,(H,44,48). The number of anilines is 2. The summed E-state index contributed by atoms with van der Waals surface area (Å²) in [5.41, 5.74) is 2.38. The second kappa shape index (κ2) is 17.4. The van der Waals surface area contributed by atoms with Crippen LogP contribution >= 0.6 is 0 Å². The van der Waals surface area contributed by atoms with Crippen molar-refractivity contribution in [3.05, 3.63) is 133 Å². The lowest BCUT2D eigenvalue weighted by molar-refractivity contribution is 0.0322. The number of nitrogens with one attached hydrogen (secondary N) is 1. The highest BCUT2D eigenvalue weighted by Crippen LogP contribution is 2.35. The van der Waals surface area contributed by atoms with Crippen molar-refractivity contribution in [3.63, 3.8) is 0 Å². The van der Waals surface area contributed by atoms with Gasteiger partial charge in [-0.15, -0.1) is 0 Å². The summed E-state index contributed by atoms with van der Waals surface area (Å²) < 4.78 is 42.6. The zero-order valence-electron chi connectivity index (χ0n) is 30.1. The smallest absolute Gasteiger partial charge is 0.326 e. The fraction of sp³-hybridized carbons (Fsp3) is 0.326. The van der Waals surface area contributed by atoms with Crippen molar-refractivity contribution in [2.75, 3.05) is 56.2 Å². The third-order valence-electron chi connectivity index (χ3n) is 10.3. The van der Waals surface area contributed by atoms with Gasteiger partial charge in [0.15, 0.2) is 0 Å². The van der Waals surface area contributed by atoms with Gasteiger partial charge in [0.25, 0.3) is 0 Å². The Morgan fingerprint density at radius 2 is 1.55 bits per heavy atom. The molecule has 2 amide bonds. The minimum atomic E-state index is -3.86. The van der Waals surface area contributed by atoms with Crippen molar-refractivity contribution in [1.82, 2.24) is 9.21 Å². The Labute approximate surface area is 313 Å². The van der Waals surface area contributed by atoms with Crippen LogP contribution in [-0.2, 0) is 21.3 Å². The van der Waals surface area contributed by atoms with Gasteiger partial charge in [-0.25, -0.2) is 13.2 Å². The quantitative estimate of drug-likeness (QED) is 0.132. The Balaban J connectivity index is 1.13. The maximum Gasteiger partial charge on any atom is 0.326 e. The average molecular weight is 733 g/mol. The number of amides is 2. The van der Waals surface area contributed by atoms with Gasteiger partial charge in [0.05, 0.1) is 18.1 Å². The number of hydrogen-bond donors (Lipinski definition) is 1. The first-order valence-corrected chi connectivity index (χ1v) is 20.1. The van der Waals surface area contributed by atoms with Crippen LogP contribution in [0.2, 0.25) is 0 Å². The van der Waals surface area contributed by atoms with E-state index in [1.165, 1.54) is 0 Å². The van der Waals surface area contributed by atoms with Crippen molar-refractivity contribution in [1.29, 1.82) is 0 Å². The third-order valence-corrected chi connectivity index (χ3v) is 12.2. The lowest BCUT2D eigenvalue weighted by Crippen LogP contribution is -2.45. The third kappa shape index (κ3) is 9.44. The van der Waals surface area contributed by atoms with Crippen molar-refractivity contribution >= 4 is 38.2 Å². The number of ether oxygens (including phenoxy) is 2. The molecular weight excluding hydrogens is 685 g/mol. The molecule has 1 saturated heterocycles. The first-order chi connectivity index (χ1) is 25.9. The summed E-state index contributed by atoms with van der Waals surface area (Å²) in [6.45, 7) is 5.31. The Kier molecular flexibility index (Phi) is 12.0. The van der Waals surface area contributed by atoms with E-state index in [4.69, 9.17) is 9.47 Å². The van der Waals surface area contributed by atoms with Crippen LogP contribution in [-0.4, -0.2) is 75.7 Å². The van der Waals surface area contributed by atoms with Crippen LogP contribution in [0, 0.1) is 5.92 Å². The number of hydrogen-bond acceptors (Lipinski definition) is 6. The molecule has 1 saturated carbocycles. The predicted octanol–water partition coefficient (Wildman–Crippen LogP) is 8.04. The number of sulfonamides is 1. The van der Waals surface area contributed by atoms with Crippen molar-refractivity contribution in [2.24, 2.45) is 5.92 Å². The molecule has 2 aliphatic rings. The topological polar surface area (TPSA) is 91.4 Å². The Morgan fingerprint density at radius 3 is 2.34 bits per heavy atom. The minimum absolute atomic E-state index is 0.0613. The van der Waals surface area contributed by atoms with E-state index >= 15 is 0 Å². The summed E-state index contributed by atoms with van der Waals surface area (Å²) in [6, 6.07) is 39.7. The number of carbonyl (C=O) groups excluding carboxylic acids is 1. The molecule has 5 aromatic carbocycles. The van der Waals surface area contributed by atoms with E-state index in [9.17, 15) is 13.2 Å². The largest absolute Gasteiger partial charge is 0.492 e. The number of urea groups is 1. The maximum absolute atomic E-state index is 14.6. The molecule has 10 heteroatoms. The minimum Gasteiger partial charge on any atom is -0.492 e. The highest BCUT2D eigenvalue weighted by Gasteiger charge is 2.36.